The summed E-state index contributed by atoms with van der Waals surface area (Å²) in [6.07, 6.45) is 0. The molecule has 0 atom stereocenters. The second kappa shape index (κ2) is 4.28. The van der Waals surface area contributed by atoms with Gasteiger partial charge in [0.1, 0.15) is 17.2 Å². The molecule has 0 radical (unpaired) electrons. The first kappa shape index (κ1) is 11.5. The molecule has 15 heavy (non-hydrogen) atoms. The van der Waals surface area contributed by atoms with Crippen molar-refractivity contribution < 1.29 is 18.7 Å². The molecular weight excluding hydrogens is 220 g/mol. The predicted molar refractivity (Wildman–Crippen MR) is 54.4 cm³/mol. The van der Waals surface area contributed by atoms with Gasteiger partial charge in [-0.3, -0.25) is 0 Å². The van der Waals surface area contributed by atoms with E-state index in [4.69, 9.17) is 10.3 Å². The number of nitrogens with zero attached hydrogens (tertiary/aromatic N) is 1. The first-order valence-corrected chi connectivity index (χ1v) is 5.65. The molecule has 4 N–H and O–H groups in total. The summed E-state index contributed by atoms with van der Waals surface area (Å²) >= 11 is 0. The topological polar surface area (TPSA) is 113 Å². The minimum absolute atomic E-state index is 0.133. The van der Waals surface area contributed by atoms with E-state index in [0.29, 0.717) is 0 Å². The number of aromatic hydroxyl groups is 1. The van der Waals surface area contributed by atoms with Crippen LogP contribution >= 0.6 is 0 Å². The summed E-state index contributed by atoms with van der Waals surface area (Å²) in [4.78, 5) is 0. The summed E-state index contributed by atoms with van der Waals surface area (Å²) in [5.41, 5.74) is -0.0652. The van der Waals surface area contributed by atoms with Gasteiger partial charge in [0.2, 0.25) is 10.0 Å². The van der Waals surface area contributed by atoms with Crippen molar-refractivity contribution in [1.29, 1.82) is 0 Å². The second-order valence-electron chi connectivity index (χ2n) is 2.87. The number of hydrogen-bond acceptors (Lipinski definition) is 5. The monoisotopic (exact) mass is 230 g/mol. The molecule has 1 aromatic rings. The summed E-state index contributed by atoms with van der Waals surface area (Å²) in [7, 11) is -3.80. The van der Waals surface area contributed by atoms with E-state index < -0.39 is 15.8 Å². The minimum Gasteiger partial charge on any atom is -0.507 e. The van der Waals surface area contributed by atoms with E-state index in [-0.39, 0.29) is 17.0 Å². The number of oxime groups is 1. The van der Waals surface area contributed by atoms with Gasteiger partial charge in [0.15, 0.2) is 0 Å². The van der Waals surface area contributed by atoms with Gasteiger partial charge >= 0.3 is 0 Å². The number of phenols is 1. The summed E-state index contributed by atoms with van der Waals surface area (Å²) in [5, 5.41) is 25.6. The highest BCUT2D eigenvalue weighted by Gasteiger charge is 2.15. The quantitative estimate of drug-likeness (QED) is 0.381. The van der Waals surface area contributed by atoms with Crippen LogP contribution in [-0.4, -0.2) is 30.2 Å². The van der Waals surface area contributed by atoms with Crippen LogP contribution in [0.4, 0.5) is 0 Å². The molecule has 7 heteroatoms. The summed E-state index contributed by atoms with van der Waals surface area (Å²) in [6, 6.07) is 5.91. The smallest absolute Gasteiger partial charge is 0.214 e. The van der Waals surface area contributed by atoms with Crippen molar-refractivity contribution in [2.45, 2.75) is 0 Å². The van der Waals surface area contributed by atoms with Crippen LogP contribution in [-0.2, 0) is 10.0 Å². The number of para-hydroxylation sites is 1. The van der Waals surface area contributed by atoms with E-state index >= 15 is 0 Å². The lowest BCUT2D eigenvalue weighted by Crippen LogP contribution is -2.23. The highest BCUT2D eigenvalue weighted by Crippen LogP contribution is 2.16. The Bertz CT molecular complexity index is 481. The lowest BCUT2D eigenvalue weighted by Gasteiger charge is -2.04. The lowest BCUT2D eigenvalue weighted by atomic mass is 10.1. The molecular formula is C8H10N2O4S. The molecule has 0 aliphatic rings. The van der Waals surface area contributed by atoms with Crippen molar-refractivity contribution in [2.75, 3.05) is 5.75 Å². The van der Waals surface area contributed by atoms with Crippen molar-refractivity contribution in [3.8, 4) is 5.75 Å². The largest absolute Gasteiger partial charge is 0.507 e. The average molecular weight is 230 g/mol. The zero-order valence-electron chi connectivity index (χ0n) is 7.66. The molecule has 82 valence electrons. The average Bonchev–Trinajstić information content (AvgIpc) is 2.14. The molecule has 6 nitrogen and oxygen atoms in total. The number of sulfonamides is 1. The third-order valence-corrected chi connectivity index (χ3v) is 2.35. The highest BCUT2D eigenvalue weighted by atomic mass is 32.2. The maximum absolute atomic E-state index is 10.8. The van der Waals surface area contributed by atoms with Gasteiger partial charge in [-0.2, -0.15) is 0 Å². The molecule has 0 amide bonds. The Hall–Kier alpha value is -1.60. The Morgan fingerprint density at radius 1 is 1.40 bits per heavy atom. The number of hydrogen-bond donors (Lipinski definition) is 3. The van der Waals surface area contributed by atoms with E-state index in [0.717, 1.165) is 0 Å². The maximum atomic E-state index is 10.8. The van der Waals surface area contributed by atoms with E-state index in [1.165, 1.54) is 12.1 Å². The highest BCUT2D eigenvalue weighted by molar-refractivity contribution is 7.89. The Morgan fingerprint density at radius 2 is 2.00 bits per heavy atom. The second-order valence-corrected chi connectivity index (χ2v) is 4.49. The standard InChI is InChI=1S/C8H10N2O4S/c9-15(13,14)5-7(10-12)6-3-1-2-4-8(6)11/h1-4,11-12H,5H2,(H2,9,13,14)/b10-7-. The zero-order chi connectivity index (χ0) is 11.5. The van der Waals surface area contributed by atoms with Crippen LogP contribution in [0.15, 0.2) is 29.4 Å². The van der Waals surface area contributed by atoms with Gasteiger partial charge in [-0.15, -0.1) is 0 Å². The van der Waals surface area contributed by atoms with Gasteiger partial charge < -0.3 is 10.3 Å². The molecule has 0 saturated carbocycles. The third kappa shape index (κ3) is 3.22. The first-order chi connectivity index (χ1) is 6.94. The number of benzene rings is 1. The van der Waals surface area contributed by atoms with Gasteiger partial charge in [-0.25, -0.2) is 13.6 Å². The van der Waals surface area contributed by atoms with Gasteiger partial charge in [0, 0.05) is 5.56 Å². The van der Waals surface area contributed by atoms with Gasteiger partial charge in [-0.1, -0.05) is 17.3 Å². The van der Waals surface area contributed by atoms with Crippen molar-refractivity contribution in [1.82, 2.24) is 0 Å². The van der Waals surface area contributed by atoms with Crippen molar-refractivity contribution >= 4 is 15.7 Å². The molecule has 1 rings (SSSR count). The van der Waals surface area contributed by atoms with Crippen molar-refractivity contribution in [2.24, 2.45) is 10.3 Å². The fourth-order valence-corrected chi connectivity index (χ4v) is 1.66. The van der Waals surface area contributed by atoms with Crippen LogP contribution in [0.3, 0.4) is 0 Å². The van der Waals surface area contributed by atoms with Crippen LogP contribution in [0.25, 0.3) is 0 Å². The van der Waals surface area contributed by atoms with E-state index in [1.54, 1.807) is 12.1 Å². The van der Waals surface area contributed by atoms with Crippen molar-refractivity contribution in [3.05, 3.63) is 29.8 Å². The maximum Gasteiger partial charge on any atom is 0.214 e. The van der Waals surface area contributed by atoms with Gasteiger partial charge in [0.05, 0.1) is 0 Å². The summed E-state index contributed by atoms with van der Waals surface area (Å²) in [6.45, 7) is 0. The van der Waals surface area contributed by atoms with Crippen LogP contribution in [0.1, 0.15) is 5.56 Å². The van der Waals surface area contributed by atoms with Crippen LogP contribution in [0.2, 0.25) is 0 Å². The molecule has 0 saturated heterocycles. The normalized spacial score (nSPS) is 12.7. The fourth-order valence-electron chi connectivity index (χ4n) is 1.07. The number of nitrogens with two attached hydrogens (primary N) is 1. The molecule has 0 aliphatic carbocycles. The number of phenolic OH excluding ortho intramolecular Hbond substituents is 1. The lowest BCUT2D eigenvalue weighted by molar-refractivity contribution is 0.319. The Kier molecular flexibility index (Phi) is 3.28. The third-order valence-electron chi connectivity index (χ3n) is 1.67. The summed E-state index contributed by atoms with van der Waals surface area (Å²) in [5.74, 6) is -0.810. The molecule has 0 aliphatic heterocycles. The molecule has 1 aromatic carbocycles. The van der Waals surface area contributed by atoms with Crippen molar-refractivity contribution in [3.63, 3.8) is 0 Å². The zero-order valence-corrected chi connectivity index (χ0v) is 8.48. The van der Waals surface area contributed by atoms with E-state index in [9.17, 15) is 13.5 Å². The Balaban J connectivity index is 3.11. The predicted octanol–water partition coefficient (Wildman–Crippen LogP) is -0.141. The Morgan fingerprint density at radius 3 is 2.47 bits per heavy atom. The van der Waals surface area contributed by atoms with Crippen LogP contribution < -0.4 is 5.14 Å². The molecule has 0 aromatic heterocycles. The SMILES string of the molecule is NS(=O)(=O)C/C(=N/O)c1ccccc1O. The van der Waals surface area contributed by atoms with Gasteiger partial charge in [-0.05, 0) is 12.1 Å². The van der Waals surface area contributed by atoms with E-state index in [1.807, 2.05) is 0 Å². The molecule has 0 bridgehead atoms. The van der Waals surface area contributed by atoms with Crippen LogP contribution in [0, 0.1) is 0 Å². The molecule has 0 heterocycles. The first-order valence-electron chi connectivity index (χ1n) is 3.94. The molecule has 0 unspecified atom stereocenters. The number of primary sulfonamides is 1. The number of rotatable bonds is 3. The van der Waals surface area contributed by atoms with Gasteiger partial charge in [0.25, 0.3) is 0 Å². The summed E-state index contributed by atoms with van der Waals surface area (Å²) < 4.78 is 21.6. The Labute approximate surface area is 86.7 Å². The molecule has 0 spiro atoms. The van der Waals surface area contributed by atoms with Crippen LogP contribution in [0.5, 0.6) is 5.75 Å². The molecule has 0 fully saturated rings. The van der Waals surface area contributed by atoms with E-state index in [2.05, 4.69) is 5.16 Å². The fraction of sp³-hybridized carbons (Fsp3) is 0.125. The minimum atomic E-state index is -3.80.